The lowest BCUT2D eigenvalue weighted by atomic mass is 10.1. The van der Waals surface area contributed by atoms with Crippen LogP contribution in [0.1, 0.15) is 0 Å². The molecule has 1 aromatic heterocycles. The SMILES string of the molecule is CN1CCN(c2ccc(-c3cccc(NC(=O)Nc4ccc(F)c(F)c4)c3)nn2)CC1. The van der Waals surface area contributed by atoms with Gasteiger partial charge in [-0.2, -0.15) is 0 Å². The van der Waals surface area contributed by atoms with Crippen LogP contribution in [0.5, 0.6) is 0 Å². The van der Waals surface area contributed by atoms with Gasteiger partial charge < -0.3 is 20.4 Å². The largest absolute Gasteiger partial charge is 0.353 e. The number of aromatic nitrogens is 2. The quantitative estimate of drug-likeness (QED) is 0.666. The number of anilines is 3. The van der Waals surface area contributed by atoms with Gasteiger partial charge in [0.15, 0.2) is 17.5 Å². The van der Waals surface area contributed by atoms with Crippen molar-refractivity contribution in [1.82, 2.24) is 15.1 Å². The molecule has 1 aliphatic heterocycles. The number of amides is 2. The van der Waals surface area contributed by atoms with Crippen LogP contribution in [0, 0.1) is 11.6 Å². The van der Waals surface area contributed by atoms with E-state index >= 15 is 0 Å². The summed E-state index contributed by atoms with van der Waals surface area (Å²) in [5.41, 5.74) is 2.16. The molecule has 2 amide bonds. The van der Waals surface area contributed by atoms with Crippen LogP contribution in [0.4, 0.5) is 30.8 Å². The molecule has 0 aliphatic carbocycles. The first-order chi connectivity index (χ1) is 15.0. The highest BCUT2D eigenvalue weighted by Crippen LogP contribution is 2.22. The summed E-state index contributed by atoms with van der Waals surface area (Å²) in [5, 5.41) is 13.8. The van der Waals surface area contributed by atoms with Crippen molar-refractivity contribution in [2.75, 3.05) is 48.8 Å². The number of urea groups is 1. The van der Waals surface area contributed by atoms with Crippen molar-refractivity contribution in [2.24, 2.45) is 0 Å². The van der Waals surface area contributed by atoms with Gasteiger partial charge in [-0.05, 0) is 43.4 Å². The van der Waals surface area contributed by atoms with E-state index in [2.05, 4.69) is 37.7 Å². The van der Waals surface area contributed by atoms with E-state index in [1.165, 1.54) is 6.07 Å². The molecule has 4 rings (SSSR count). The van der Waals surface area contributed by atoms with Gasteiger partial charge >= 0.3 is 6.03 Å². The molecular formula is C22H22F2N6O. The second kappa shape index (κ2) is 9.05. The Labute approximate surface area is 178 Å². The molecule has 0 radical (unpaired) electrons. The van der Waals surface area contributed by atoms with Crippen LogP contribution >= 0.6 is 0 Å². The van der Waals surface area contributed by atoms with Crippen LogP contribution in [-0.2, 0) is 0 Å². The number of benzene rings is 2. The predicted octanol–water partition coefficient (Wildman–Crippen LogP) is 3.82. The monoisotopic (exact) mass is 424 g/mol. The van der Waals surface area contributed by atoms with Crippen molar-refractivity contribution in [1.29, 1.82) is 0 Å². The summed E-state index contributed by atoms with van der Waals surface area (Å²) in [6.07, 6.45) is 0. The maximum atomic E-state index is 13.3. The molecule has 9 heteroatoms. The minimum Gasteiger partial charge on any atom is -0.353 e. The van der Waals surface area contributed by atoms with E-state index in [0.29, 0.717) is 11.4 Å². The summed E-state index contributed by atoms with van der Waals surface area (Å²) in [6.45, 7) is 3.81. The van der Waals surface area contributed by atoms with Gasteiger partial charge in [-0.25, -0.2) is 13.6 Å². The third-order valence-electron chi connectivity index (χ3n) is 5.07. The number of likely N-dealkylation sites (N-methyl/N-ethyl adjacent to an activating group) is 1. The first-order valence-corrected chi connectivity index (χ1v) is 9.89. The molecule has 0 saturated carbocycles. The van der Waals surface area contributed by atoms with Gasteiger partial charge in [0.1, 0.15) is 0 Å². The van der Waals surface area contributed by atoms with E-state index in [1.807, 2.05) is 18.2 Å². The Morgan fingerprint density at radius 1 is 0.871 bits per heavy atom. The van der Waals surface area contributed by atoms with Crippen LogP contribution in [0.15, 0.2) is 54.6 Å². The smallest absolute Gasteiger partial charge is 0.323 e. The Kier molecular flexibility index (Phi) is 6.03. The molecule has 2 aromatic carbocycles. The maximum Gasteiger partial charge on any atom is 0.323 e. The predicted molar refractivity (Wildman–Crippen MR) is 116 cm³/mol. The van der Waals surface area contributed by atoms with E-state index in [4.69, 9.17) is 0 Å². The minimum absolute atomic E-state index is 0.151. The molecule has 0 unspecified atom stereocenters. The molecule has 2 heterocycles. The van der Waals surface area contributed by atoms with E-state index in [9.17, 15) is 13.6 Å². The number of hydrogen-bond donors (Lipinski definition) is 2. The summed E-state index contributed by atoms with van der Waals surface area (Å²) in [7, 11) is 2.10. The highest BCUT2D eigenvalue weighted by Gasteiger charge is 2.16. The average Bonchev–Trinajstić information content (AvgIpc) is 2.77. The normalized spacial score (nSPS) is 14.4. The highest BCUT2D eigenvalue weighted by molar-refractivity contribution is 6.00. The lowest BCUT2D eigenvalue weighted by Crippen LogP contribution is -2.44. The molecule has 31 heavy (non-hydrogen) atoms. The van der Waals surface area contributed by atoms with Gasteiger partial charge in [0.2, 0.25) is 0 Å². The zero-order valence-electron chi connectivity index (χ0n) is 17.0. The van der Waals surface area contributed by atoms with E-state index < -0.39 is 17.7 Å². The van der Waals surface area contributed by atoms with Crippen molar-refractivity contribution in [2.45, 2.75) is 0 Å². The lowest BCUT2D eigenvalue weighted by Gasteiger charge is -2.32. The van der Waals surface area contributed by atoms with Gasteiger partial charge in [0.05, 0.1) is 5.69 Å². The van der Waals surface area contributed by atoms with Gasteiger partial charge in [0.25, 0.3) is 0 Å². The number of hydrogen-bond acceptors (Lipinski definition) is 5. The van der Waals surface area contributed by atoms with Crippen molar-refractivity contribution in [3.63, 3.8) is 0 Å². The van der Waals surface area contributed by atoms with E-state index in [0.717, 1.165) is 49.7 Å². The molecule has 160 valence electrons. The Hall–Kier alpha value is -3.59. The Morgan fingerprint density at radius 3 is 2.29 bits per heavy atom. The number of carbonyl (C=O) groups is 1. The Morgan fingerprint density at radius 2 is 1.61 bits per heavy atom. The summed E-state index contributed by atoms with van der Waals surface area (Å²) in [5.74, 6) is -1.16. The van der Waals surface area contributed by atoms with Crippen LogP contribution in [0.25, 0.3) is 11.3 Å². The fourth-order valence-corrected chi connectivity index (χ4v) is 3.31. The van der Waals surface area contributed by atoms with Crippen LogP contribution in [0.2, 0.25) is 0 Å². The van der Waals surface area contributed by atoms with E-state index in [-0.39, 0.29) is 5.69 Å². The Bertz CT molecular complexity index is 1070. The zero-order chi connectivity index (χ0) is 21.8. The summed E-state index contributed by atoms with van der Waals surface area (Å²) in [4.78, 5) is 16.7. The number of halogens is 2. The first kappa shape index (κ1) is 20.7. The Balaban J connectivity index is 1.41. The minimum atomic E-state index is -1.03. The number of rotatable bonds is 4. The third kappa shape index (κ3) is 5.13. The molecule has 1 saturated heterocycles. The van der Waals surface area contributed by atoms with E-state index in [1.54, 1.807) is 18.2 Å². The molecule has 0 atom stereocenters. The van der Waals surface area contributed by atoms with Gasteiger partial charge in [-0.15, -0.1) is 10.2 Å². The van der Waals surface area contributed by atoms with Crippen molar-refractivity contribution in [3.05, 3.63) is 66.2 Å². The maximum absolute atomic E-state index is 13.3. The fourth-order valence-electron chi connectivity index (χ4n) is 3.31. The average molecular weight is 424 g/mol. The highest BCUT2D eigenvalue weighted by atomic mass is 19.2. The third-order valence-corrected chi connectivity index (χ3v) is 5.07. The molecule has 0 spiro atoms. The lowest BCUT2D eigenvalue weighted by molar-refractivity contribution is 0.262. The topological polar surface area (TPSA) is 73.4 Å². The van der Waals surface area contributed by atoms with Crippen molar-refractivity contribution < 1.29 is 13.6 Å². The van der Waals surface area contributed by atoms with Crippen molar-refractivity contribution >= 4 is 23.2 Å². The molecule has 1 fully saturated rings. The zero-order valence-corrected chi connectivity index (χ0v) is 17.0. The number of nitrogens with zero attached hydrogens (tertiary/aromatic N) is 4. The summed E-state index contributed by atoms with van der Waals surface area (Å²) in [6, 6.07) is 13.6. The standard InChI is InChI=1S/C22H22F2N6O/c1-29-9-11-30(12-10-29)21-8-7-20(27-28-21)15-3-2-4-16(13-15)25-22(31)26-17-5-6-18(23)19(24)14-17/h2-8,13-14H,9-12H2,1H3,(H2,25,26,31). The number of nitrogens with one attached hydrogen (secondary N) is 2. The molecule has 1 aliphatic rings. The summed E-state index contributed by atoms with van der Waals surface area (Å²) < 4.78 is 26.3. The fraction of sp³-hybridized carbons (Fsp3) is 0.227. The van der Waals surface area contributed by atoms with Gasteiger partial charge in [0, 0.05) is 49.2 Å². The van der Waals surface area contributed by atoms with Crippen LogP contribution in [0.3, 0.4) is 0 Å². The summed E-state index contributed by atoms with van der Waals surface area (Å²) >= 11 is 0. The van der Waals surface area contributed by atoms with Gasteiger partial charge in [-0.1, -0.05) is 12.1 Å². The first-order valence-electron chi connectivity index (χ1n) is 9.89. The van der Waals surface area contributed by atoms with Crippen LogP contribution in [-0.4, -0.2) is 54.4 Å². The molecule has 7 nitrogen and oxygen atoms in total. The molecule has 2 N–H and O–H groups in total. The van der Waals surface area contributed by atoms with Gasteiger partial charge in [-0.3, -0.25) is 0 Å². The number of carbonyl (C=O) groups excluding carboxylic acids is 1. The number of piperazine rings is 1. The molecular weight excluding hydrogens is 402 g/mol. The second-order valence-corrected chi connectivity index (χ2v) is 7.36. The molecule has 3 aromatic rings. The second-order valence-electron chi connectivity index (χ2n) is 7.36. The van der Waals surface area contributed by atoms with Crippen LogP contribution < -0.4 is 15.5 Å². The molecule has 0 bridgehead atoms. The van der Waals surface area contributed by atoms with Crippen molar-refractivity contribution in [3.8, 4) is 11.3 Å².